The number of non-ortho nitro benzene ring substituents is 1. The lowest BCUT2D eigenvalue weighted by Crippen LogP contribution is -2.38. The highest BCUT2D eigenvalue weighted by Gasteiger charge is 2.40. The van der Waals surface area contributed by atoms with Crippen LogP contribution in [-0.2, 0) is 26.1 Å². The molecule has 2 aliphatic rings. The van der Waals surface area contributed by atoms with Gasteiger partial charge in [-0.3, -0.25) is 24.6 Å². The van der Waals surface area contributed by atoms with Crippen LogP contribution < -0.4 is 4.90 Å². The van der Waals surface area contributed by atoms with E-state index in [4.69, 9.17) is 4.74 Å². The molecule has 3 heterocycles. The van der Waals surface area contributed by atoms with Gasteiger partial charge in [0.2, 0.25) is 10.0 Å². The van der Waals surface area contributed by atoms with E-state index in [1.165, 1.54) is 63.5 Å². The van der Waals surface area contributed by atoms with Gasteiger partial charge >= 0.3 is 0 Å². The number of ketones is 1. The second kappa shape index (κ2) is 9.46. The topological polar surface area (TPSA) is 158 Å². The predicted octanol–water partition coefficient (Wildman–Crippen LogP) is 1.70. The Balaban J connectivity index is 1.39. The van der Waals surface area contributed by atoms with Crippen LogP contribution in [0.5, 0.6) is 0 Å². The van der Waals surface area contributed by atoms with Crippen molar-refractivity contribution in [1.29, 1.82) is 0 Å². The Bertz CT molecular complexity index is 1500. The fraction of sp³-hybridized carbons (Fsp3) is 0.304. The Morgan fingerprint density at radius 2 is 1.92 bits per heavy atom. The number of nitrogens with zero attached hydrogens (tertiary/aromatic N) is 6. The van der Waals surface area contributed by atoms with Gasteiger partial charge in [-0.1, -0.05) is 5.21 Å². The van der Waals surface area contributed by atoms with Gasteiger partial charge in [0.25, 0.3) is 17.4 Å². The quantitative estimate of drug-likeness (QED) is 0.242. The molecule has 0 unspecified atom stereocenters. The first kappa shape index (κ1) is 24.7. The van der Waals surface area contributed by atoms with Crippen molar-refractivity contribution in [2.75, 3.05) is 25.2 Å². The number of Topliss-reactive ketones (excluding diaryl/α,β-unsaturated/α-hetero) is 1. The summed E-state index contributed by atoms with van der Waals surface area (Å²) in [7, 11) is -2.37. The van der Waals surface area contributed by atoms with Crippen LogP contribution in [0.15, 0.2) is 53.6 Å². The average molecular weight is 527 g/mol. The van der Waals surface area contributed by atoms with Gasteiger partial charge in [-0.2, -0.15) is 4.31 Å². The molecule has 0 bridgehead atoms. The molecule has 1 saturated heterocycles. The first-order valence-corrected chi connectivity index (χ1v) is 12.8. The van der Waals surface area contributed by atoms with Gasteiger partial charge in [-0.05, 0) is 43.2 Å². The molecule has 3 aromatic rings. The van der Waals surface area contributed by atoms with Gasteiger partial charge in [0.1, 0.15) is 5.69 Å². The number of sulfonamides is 1. The minimum absolute atomic E-state index is 0.0105. The molecule has 1 fully saturated rings. The number of carbonyl (C=O) groups excluding carboxylic acids is 2. The van der Waals surface area contributed by atoms with Crippen molar-refractivity contribution in [3.8, 4) is 5.69 Å². The van der Waals surface area contributed by atoms with Gasteiger partial charge in [-0.15, -0.1) is 5.10 Å². The molecule has 5 rings (SSSR count). The van der Waals surface area contributed by atoms with Crippen molar-refractivity contribution < 1.29 is 27.7 Å². The number of fused-ring (bicyclic) bond motifs is 1. The maximum Gasteiger partial charge on any atom is 0.299 e. The summed E-state index contributed by atoms with van der Waals surface area (Å²) < 4.78 is 34.5. The van der Waals surface area contributed by atoms with Crippen LogP contribution in [0.3, 0.4) is 0 Å². The number of benzene rings is 2. The van der Waals surface area contributed by atoms with E-state index in [0.717, 1.165) is 0 Å². The summed E-state index contributed by atoms with van der Waals surface area (Å²) in [6.45, 7) is 0.561. The molecule has 192 valence electrons. The molecule has 0 saturated carbocycles. The van der Waals surface area contributed by atoms with Crippen LogP contribution in [0, 0.1) is 10.1 Å². The molecule has 0 aliphatic carbocycles. The van der Waals surface area contributed by atoms with Crippen molar-refractivity contribution in [2.45, 2.75) is 30.3 Å². The summed E-state index contributed by atoms with van der Waals surface area (Å²) in [6, 6.07) is 9.50. The fourth-order valence-electron chi connectivity index (χ4n) is 4.60. The van der Waals surface area contributed by atoms with Crippen molar-refractivity contribution in [2.24, 2.45) is 0 Å². The van der Waals surface area contributed by atoms with E-state index in [9.17, 15) is 28.1 Å². The van der Waals surface area contributed by atoms with Gasteiger partial charge in [0, 0.05) is 31.8 Å². The molecule has 1 amide bonds. The highest BCUT2D eigenvalue weighted by Crippen LogP contribution is 2.34. The van der Waals surface area contributed by atoms with Gasteiger partial charge in [-0.25, -0.2) is 13.1 Å². The summed E-state index contributed by atoms with van der Waals surface area (Å²) in [5, 5.41) is 18.9. The van der Waals surface area contributed by atoms with Gasteiger partial charge < -0.3 is 4.74 Å². The standard InChI is InChI=1S/C23H22N6O7S/c1-36-14-18-3-2-10-28(18)37(34,35)19-8-9-21-20(11-19)22(30)23(31)26(21)12-15-13-27(25-24-15)16-4-6-17(7-5-16)29(32)33/h4-9,11,13,18H,2-3,10,12,14H2,1H3/t18-/m0/s1. The van der Waals surface area contributed by atoms with Crippen LogP contribution in [-0.4, -0.2) is 70.6 Å². The van der Waals surface area contributed by atoms with Crippen molar-refractivity contribution in [1.82, 2.24) is 19.3 Å². The summed E-state index contributed by atoms with van der Waals surface area (Å²) in [5.74, 6) is -1.60. The third kappa shape index (κ3) is 4.39. The number of nitro benzene ring substituents is 1. The zero-order valence-electron chi connectivity index (χ0n) is 19.7. The molecule has 2 aromatic carbocycles. The second-order valence-corrected chi connectivity index (χ2v) is 10.6. The minimum Gasteiger partial charge on any atom is -0.383 e. The summed E-state index contributed by atoms with van der Waals surface area (Å²) in [6.07, 6.45) is 2.94. The van der Waals surface area contributed by atoms with E-state index in [2.05, 4.69) is 10.3 Å². The van der Waals surface area contributed by atoms with Gasteiger partial charge in [0.05, 0.1) is 46.1 Å². The molecule has 1 aromatic heterocycles. The largest absolute Gasteiger partial charge is 0.383 e. The zero-order valence-corrected chi connectivity index (χ0v) is 20.5. The Morgan fingerprint density at radius 3 is 2.62 bits per heavy atom. The van der Waals surface area contributed by atoms with E-state index >= 15 is 0 Å². The lowest BCUT2D eigenvalue weighted by atomic mass is 10.1. The van der Waals surface area contributed by atoms with E-state index in [1.54, 1.807) is 6.20 Å². The first-order valence-electron chi connectivity index (χ1n) is 11.4. The summed E-state index contributed by atoms with van der Waals surface area (Å²) >= 11 is 0. The van der Waals surface area contributed by atoms with E-state index in [0.29, 0.717) is 30.8 Å². The average Bonchev–Trinajstić information content (AvgIpc) is 3.61. The number of amides is 1. The van der Waals surface area contributed by atoms with E-state index in [-0.39, 0.29) is 41.0 Å². The van der Waals surface area contributed by atoms with Crippen molar-refractivity contribution in [3.63, 3.8) is 0 Å². The lowest BCUT2D eigenvalue weighted by Gasteiger charge is -2.23. The molecule has 0 radical (unpaired) electrons. The molecule has 2 aliphatic heterocycles. The molecule has 37 heavy (non-hydrogen) atoms. The maximum absolute atomic E-state index is 13.3. The van der Waals surface area contributed by atoms with E-state index in [1.807, 2.05) is 0 Å². The second-order valence-electron chi connectivity index (χ2n) is 8.69. The Labute approximate surface area is 211 Å². The number of carbonyl (C=O) groups is 2. The van der Waals surface area contributed by atoms with Crippen LogP contribution in [0.1, 0.15) is 28.9 Å². The minimum atomic E-state index is -3.88. The van der Waals surface area contributed by atoms with Crippen LogP contribution >= 0.6 is 0 Å². The molecular formula is C23H22N6O7S. The normalized spacial score (nSPS) is 18.0. The maximum atomic E-state index is 13.3. The van der Waals surface area contributed by atoms with Crippen molar-refractivity contribution >= 4 is 33.1 Å². The Morgan fingerprint density at radius 1 is 1.16 bits per heavy atom. The fourth-order valence-corrected chi connectivity index (χ4v) is 6.31. The molecule has 0 spiro atoms. The number of aromatic nitrogens is 3. The third-order valence-corrected chi connectivity index (χ3v) is 8.37. The number of rotatable bonds is 8. The van der Waals surface area contributed by atoms with Crippen LogP contribution in [0.2, 0.25) is 0 Å². The molecule has 1 atom stereocenters. The molecule has 13 nitrogen and oxygen atoms in total. The number of ether oxygens (including phenoxy) is 1. The number of hydrogen-bond acceptors (Lipinski definition) is 9. The number of methoxy groups -OCH3 is 1. The highest BCUT2D eigenvalue weighted by atomic mass is 32.2. The number of hydrogen-bond donors (Lipinski definition) is 0. The summed E-state index contributed by atoms with van der Waals surface area (Å²) in [5.41, 5.74) is 1.12. The predicted molar refractivity (Wildman–Crippen MR) is 129 cm³/mol. The monoisotopic (exact) mass is 526 g/mol. The highest BCUT2D eigenvalue weighted by molar-refractivity contribution is 7.89. The lowest BCUT2D eigenvalue weighted by molar-refractivity contribution is -0.384. The van der Waals surface area contributed by atoms with Crippen LogP contribution in [0.25, 0.3) is 5.69 Å². The Kier molecular flexibility index (Phi) is 6.31. The van der Waals surface area contributed by atoms with E-state index < -0.39 is 26.6 Å². The zero-order chi connectivity index (χ0) is 26.3. The molecule has 0 N–H and O–H groups in total. The van der Waals surface area contributed by atoms with Crippen molar-refractivity contribution in [3.05, 3.63) is 70.0 Å². The van der Waals surface area contributed by atoms with Crippen LogP contribution in [0.4, 0.5) is 11.4 Å². The SMILES string of the molecule is COC[C@@H]1CCCN1S(=O)(=O)c1ccc2c(c1)C(=O)C(=O)N2Cc1cn(-c2ccc([N+](=O)[O-])cc2)nn1. The number of nitro groups is 1. The molecule has 14 heteroatoms. The smallest absolute Gasteiger partial charge is 0.299 e. The number of anilines is 1. The van der Waals surface area contributed by atoms with Gasteiger partial charge in [0.15, 0.2) is 0 Å². The summed E-state index contributed by atoms with van der Waals surface area (Å²) in [4.78, 5) is 37.1. The Hall–Kier alpha value is -4.01. The third-order valence-electron chi connectivity index (χ3n) is 6.42. The first-order chi connectivity index (χ1) is 17.7. The molecular weight excluding hydrogens is 504 g/mol.